The summed E-state index contributed by atoms with van der Waals surface area (Å²) in [5, 5.41) is 9.75. The second-order valence-electron chi connectivity index (χ2n) is 5.90. The molecule has 0 N–H and O–H groups in total. The molecular formula is C17H22BrNO. The number of hydrogen-bond acceptors (Lipinski definition) is 2. The Morgan fingerprint density at radius 3 is 2.95 bits per heavy atom. The molecule has 0 aliphatic heterocycles. The van der Waals surface area contributed by atoms with Gasteiger partial charge in [-0.15, -0.1) is 0 Å². The summed E-state index contributed by atoms with van der Waals surface area (Å²) in [4.78, 5) is 0. The fourth-order valence-electron chi connectivity index (χ4n) is 3.39. The van der Waals surface area contributed by atoms with Crippen molar-refractivity contribution in [2.45, 2.75) is 45.4 Å². The van der Waals surface area contributed by atoms with Gasteiger partial charge in [0.2, 0.25) is 0 Å². The Hall–Kier alpha value is -1.01. The zero-order valence-corrected chi connectivity index (χ0v) is 13.9. The quantitative estimate of drug-likeness (QED) is 0.765. The minimum absolute atomic E-state index is 0.215. The molecule has 2 rings (SSSR count). The van der Waals surface area contributed by atoms with Gasteiger partial charge in [0.1, 0.15) is 5.75 Å². The fourth-order valence-corrected chi connectivity index (χ4v) is 3.79. The molecule has 0 spiro atoms. The van der Waals surface area contributed by atoms with E-state index in [9.17, 15) is 5.26 Å². The van der Waals surface area contributed by atoms with Gasteiger partial charge in [-0.3, -0.25) is 0 Å². The molecule has 1 aromatic carbocycles. The third-order valence-electron chi connectivity index (χ3n) is 4.53. The summed E-state index contributed by atoms with van der Waals surface area (Å²) in [5.41, 5.74) is 0.924. The third-order valence-corrected chi connectivity index (χ3v) is 5.03. The van der Waals surface area contributed by atoms with Gasteiger partial charge in [0, 0.05) is 4.47 Å². The van der Waals surface area contributed by atoms with Crippen LogP contribution in [0.25, 0.3) is 0 Å². The molecule has 0 saturated heterocycles. The van der Waals surface area contributed by atoms with Crippen LogP contribution in [0.15, 0.2) is 22.7 Å². The van der Waals surface area contributed by atoms with Crippen molar-refractivity contribution in [3.8, 4) is 11.8 Å². The molecule has 20 heavy (non-hydrogen) atoms. The largest absolute Gasteiger partial charge is 0.496 e. The van der Waals surface area contributed by atoms with Gasteiger partial charge in [-0.1, -0.05) is 42.1 Å². The van der Waals surface area contributed by atoms with Crippen LogP contribution in [0.4, 0.5) is 0 Å². The van der Waals surface area contributed by atoms with Crippen molar-refractivity contribution in [2.75, 3.05) is 7.11 Å². The normalized spacial score (nSPS) is 26.0. The van der Waals surface area contributed by atoms with Crippen LogP contribution in [0.1, 0.15) is 44.6 Å². The van der Waals surface area contributed by atoms with Crippen LogP contribution in [0.2, 0.25) is 0 Å². The lowest BCUT2D eigenvalue weighted by Crippen LogP contribution is -2.29. The lowest BCUT2D eigenvalue weighted by molar-refractivity contribution is 0.192. The molecule has 2 unspecified atom stereocenters. The predicted molar refractivity (Wildman–Crippen MR) is 84.7 cm³/mol. The highest BCUT2D eigenvalue weighted by Crippen LogP contribution is 2.44. The maximum atomic E-state index is 9.75. The summed E-state index contributed by atoms with van der Waals surface area (Å²) in [6.45, 7) is 2.23. The summed E-state index contributed by atoms with van der Waals surface area (Å²) in [7, 11) is 1.70. The average Bonchev–Trinajstić information content (AvgIpc) is 2.47. The van der Waals surface area contributed by atoms with Gasteiger partial charge < -0.3 is 4.74 Å². The van der Waals surface area contributed by atoms with Crippen molar-refractivity contribution in [1.29, 1.82) is 5.26 Å². The lowest BCUT2D eigenvalue weighted by Gasteiger charge is -2.36. The smallest absolute Gasteiger partial charge is 0.122 e. The predicted octanol–water partition coefficient (Wildman–Crippen LogP) is 5.11. The summed E-state index contributed by atoms with van der Waals surface area (Å²) < 4.78 is 6.50. The number of nitriles is 1. The average molecular weight is 336 g/mol. The highest BCUT2D eigenvalue weighted by atomic mass is 79.9. The Kier molecular flexibility index (Phi) is 5.10. The molecule has 1 aliphatic carbocycles. The first-order chi connectivity index (χ1) is 9.62. The van der Waals surface area contributed by atoms with Crippen molar-refractivity contribution in [2.24, 2.45) is 11.3 Å². The van der Waals surface area contributed by atoms with Gasteiger partial charge >= 0.3 is 0 Å². The molecule has 0 bridgehead atoms. The molecule has 2 nitrogen and oxygen atoms in total. The van der Waals surface area contributed by atoms with E-state index in [1.54, 1.807) is 7.11 Å². The Bertz CT molecular complexity index is 508. The van der Waals surface area contributed by atoms with Crippen LogP contribution in [-0.2, 0) is 6.42 Å². The molecule has 1 aliphatic rings. The summed E-state index contributed by atoms with van der Waals surface area (Å²) in [6.07, 6.45) is 6.45. The second-order valence-corrected chi connectivity index (χ2v) is 6.81. The van der Waals surface area contributed by atoms with E-state index in [1.165, 1.54) is 19.3 Å². The minimum atomic E-state index is -0.215. The molecule has 0 radical (unpaired) electrons. The lowest BCUT2D eigenvalue weighted by atomic mass is 9.67. The van der Waals surface area contributed by atoms with Gasteiger partial charge in [0.15, 0.2) is 0 Å². The van der Waals surface area contributed by atoms with Crippen LogP contribution in [-0.4, -0.2) is 7.11 Å². The maximum Gasteiger partial charge on any atom is 0.122 e. The topological polar surface area (TPSA) is 33.0 Å². The van der Waals surface area contributed by atoms with E-state index in [0.717, 1.165) is 35.0 Å². The summed E-state index contributed by atoms with van der Waals surface area (Å²) >= 11 is 3.52. The van der Waals surface area contributed by atoms with Gasteiger partial charge in [0.05, 0.1) is 18.6 Å². The van der Waals surface area contributed by atoms with Crippen LogP contribution >= 0.6 is 15.9 Å². The van der Waals surface area contributed by atoms with Crippen LogP contribution < -0.4 is 4.74 Å². The zero-order valence-electron chi connectivity index (χ0n) is 12.3. The Morgan fingerprint density at radius 1 is 1.50 bits per heavy atom. The van der Waals surface area contributed by atoms with Gasteiger partial charge in [0.25, 0.3) is 0 Å². The van der Waals surface area contributed by atoms with E-state index in [0.29, 0.717) is 5.92 Å². The number of halogens is 1. The SMILES string of the molecule is CCC1CCCC(C#N)(Cc2cc(Br)ccc2OC)C1. The van der Waals surface area contributed by atoms with Crippen LogP contribution in [0.3, 0.4) is 0 Å². The van der Waals surface area contributed by atoms with E-state index in [2.05, 4.69) is 35.0 Å². The maximum absolute atomic E-state index is 9.75. The zero-order chi connectivity index (χ0) is 14.6. The number of nitrogens with zero attached hydrogens (tertiary/aromatic N) is 1. The Morgan fingerprint density at radius 2 is 2.30 bits per heavy atom. The van der Waals surface area contributed by atoms with E-state index >= 15 is 0 Å². The Balaban J connectivity index is 2.26. The molecule has 0 amide bonds. The van der Waals surface area contributed by atoms with Crippen molar-refractivity contribution in [3.05, 3.63) is 28.2 Å². The van der Waals surface area contributed by atoms with Crippen molar-refractivity contribution >= 4 is 15.9 Å². The van der Waals surface area contributed by atoms with E-state index in [4.69, 9.17) is 4.74 Å². The van der Waals surface area contributed by atoms with Crippen molar-refractivity contribution < 1.29 is 4.74 Å². The number of ether oxygens (including phenoxy) is 1. The number of methoxy groups -OCH3 is 1. The number of rotatable bonds is 4. The molecule has 0 heterocycles. The highest BCUT2D eigenvalue weighted by molar-refractivity contribution is 9.10. The molecular weight excluding hydrogens is 314 g/mol. The molecule has 3 heteroatoms. The van der Waals surface area contributed by atoms with Gasteiger partial charge in [-0.2, -0.15) is 5.26 Å². The minimum Gasteiger partial charge on any atom is -0.496 e. The Labute approximate surface area is 130 Å². The summed E-state index contributed by atoms with van der Waals surface area (Å²) in [6, 6.07) is 8.68. The van der Waals surface area contributed by atoms with Gasteiger partial charge in [-0.05, 0) is 48.9 Å². The van der Waals surface area contributed by atoms with E-state index in [1.807, 2.05) is 12.1 Å². The van der Waals surface area contributed by atoms with Crippen molar-refractivity contribution in [3.63, 3.8) is 0 Å². The first kappa shape index (κ1) is 15.4. The first-order valence-electron chi connectivity index (χ1n) is 7.36. The number of benzene rings is 1. The standard InChI is InChI=1S/C17H22BrNO/c1-3-13-5-4-8-17(10-13,12-19)11-14-9-15(18)6-7-16(14)20-2/h6-7,9,13H,3-5,8,10-11H2,1-2H3. The second kappa shape index (κ2) is 6.63. The highest BCUT2D eigenvalue weighted by Gasteiger charge is 2.36. The first-order valence-corrected chi connectivity index (χ1v) is 8.15. The fraction of sp³-hybridized carbons (Fsp3) is 0.588. The van der Waals surface area contributed by atoms with Crippen molar-refractivity contribution in [1.82, 2.24) is 0 Å². The van der Waals surface area contributed by atoms with Gasteiger partial charge in [-0.25, -0.2) is 0 Å². The molecule has 1 fully saturated rings. The monoisotopic (exact) mass is 335 g/mol. The molecule has 1 saturated carbocycles. The molecule has 2 atom stereocenters. The summed E-state index contributed by atoms with van der Waals surface area (Å²) in [5.74, 6) is 1.59. The van der Waals surface area contributed by atoms with E-state index in [-0.39, 0.29) is 5.41 Å². The molecule has 108 valence electrons. The van der Waals surface area contributed by atoms with E-state index < -0.39 is 0 Å². The van der Waals surface area contributed by atoms with Crippen LogP contribution in [0, 0.1) is 22.7 Å². The molecule has 1 aromatic rings. The molecule has 0 aromatic heterocycles. The number of hydrogen-bond donors (Lipinski definition) is 0. The van der Waals surface area contributed by atoms with Crippen LogP contribution in [0.5, 0.6) is 5.75 Å². The third kappa shape index (κ3) is 3.35.